The topological polar surface area (TPSA) is 28.2 Å². The molecule has 4 heteroatoms. The Hall–Kier alpha value is -1.13. The van der Waals surface area contributed by atoms with Gasteiger partial charge in [0.2, 0.25) is 0 Å². The molecule has 1 aliphatic heterocycles. The molecular weight excluding hydrogens is 266 g/mol. The largest absolute Gasteiger partial charge is 0.357 e. The molecule has 0 saturated carbocycles. The maximum atomic E-state index is 4.59. The normalized spacial score (nSPS) is 19.4. The zero-order valence-corrected chi connectivity index (χ0v) is 13.1. The van der Waals surface area contributed by atoms with Gasteiger partial charge in [-0.25, -0.2) is 0 Å². The van der Waals surface area contributed by atoms with Crippen molar-refractivity contribution in [3.8, 4) is 0 Å². The third-order valence-corrected chi connectivity index (χ3v) is 4.85. The molecule has 0 aliphatic carbocycles. The zero-order chi connectivity index (χ0) is 13.9. The van der Waals surface area contributed by atoms with E-state index in [0.717, 1.165) is 18.6 Å². The number of aromatic nitrogens is 1. The Bertz CT molecular complexity index is 564. The van der Waals surface area contributed by atoms with Crippen LogP contribution < -0.4 is 10.2 Å². The van der Waals surface area contributed by atoms with Gasteiger partial charge < -0.3 is 10.2 Å². The average molecular weight is 289 g/mol. The highest BCUT2D eigenvalue weighted by molar-refractivity contribution is 7.11. The minimum absolute atomic E-state index is 0.623. The predicted octanol–water partition coefficient (Wildman–Crippen LogP) is 3.51. The Balaban J connectivity index is 1.74. The van der Waals surface area contributed by atoms with E-state index in [-0.39, 0.29) is 0 Å². The first-order chi connectivity index (χ1) is 9.75. The van der Waals surface area contributed by atoms with E-state index in [1.165, 1.54) is 29.8 Å². The van der Waals surface area contributed by atoms with E-state index in [4.69, 9.17) is 0 Å². The fraction of sp³-hybridized carbons (Fsp3) is 0.562. The highest BCUT2D eigenvalue weighted by Gasteiger charge is 2.27. The van der Waals surface area contributed by atoms with Crippen LogP contribution in [0.15, 0.2) is 24.3 Å². The molecular formula is C16H23N3S. The average Bonchev–Trinajstić information content (AvgIpc) is 3.04. The summed E-state index contributed by atoms with van der Waals surface area (Å²) in [7, 11) is 0. The van der Waals surface area contributed by atoms with Gasteiger partial charge in [-0.2, -0.15) is 4.37 Å². The summed E-state index contributed by atoms with van der Waals surface area (Å²) in [6, 6.07) is 9.11. The van der Waals surface area contributed by atoms with Gasteiger partial charge in [-0.05, 0) is 49.0 Å². The Morgan fingerprint density at radius 3 is 3.10 bits per heavy atom. The molecule has 0 radical (unpaired) electrons. The maximum absolute atomic E-state index is 4.59. The highest BCUT2D eigenvalue weighted by atomic mass is 32.1. The van der Waals surface area contributed by atoms with Crippen molar-refractivity contribution in [3.63, 3.8) is 0 Å². The van der Waals surface area contributed by atoms with Gasteiger partial charge in [0.15, 0.2) is 0 Å². The Labute approximate surface area is 125 Å². The first-order valence-corrected chi connectivity index (χ1v) is 8.35. The van der Waals surface area contributed by atoms with Crippen LogP contribution in [0.3, 0.4) is 0 Å². The smallest absolute Gasteiger partial charge is 0.120 e. The number of nitrogens with one attached hydrogen (secondary N) is 1. The molecule has 1 unspecified atom stereocenters. The van der Waals surface area contributed by atoms with Gasteiger partial charge in [0.1, 0.15) is 5.00 Å². The summed E-state index contributed by atoms with van der Waals surface area (Å²) in [5.41, 5.74) is 1.13. The van der Waals surface area contributed by atoms with Crippen LogP contribution in [0, 0.1) is 5.92 Å². The van der Waals surface area contributed by atoms with E-state index < -0.39 is 0 Å². The van der Waals surface area contributed by atoms with Crippen LogP contribution in [-0.2, 0) is 0 Å². The predicted molar refractivity (Wildman–Crippen MR) is 87.7 cm³/mol. The lowest BCUT2D eigenvalue weighted by molar-refractivity contribution is 0.513. The molecule has 2 heterocycles. The lowest BCUT2D eigenvalue weighted by Crippen LogP contribution is -2.38. The fourth-order valence-electron chi connectivity index (χ4n) is 2.94. The number of hydrogen-bond donors (Lipinski definition) is 1. The Morgan fingerprint density at radius 2 is 2.25 bits per heavy atom. The first-order valence-electron chi connectivity index (χ1n) is 7.57. The van der Waals surface area contributed by atoms with Gasteiger partial charge in [0.05, 0.1) is 5.52 Å². The molecule has 1 atom stereocenters. The van der Waals surface area contributed by atoms with Crippen LogP contribution >= 0.6 is 11.5 Å². The Kier molecular flexibility index (Phi) is 4.22. The molecule has 3 rings (SSSR count). The third kappa shape index (κ3) is 2.81. The third-order valence-electron chi connectivity index (χ3n) is 3.94. The van der Waals surface area contributed by atoms with Crippen LogP contribution in [0.4, 0.5) is 5.00 Å². The van der Waals surface area contributed by atoms with Crippen molar-refractivity contribution in [1.82, 2.24) is 9.69 Å². The van der Waals surface area contributed by atoms with Crippen molar-refractivity contribution in [3.05, 3.63) is 24.3 Å². The van der Waals surface area contributed by atoms with Crippen LogP contribution in [0.2, 0.25) is 0 Å². The molecule has 3 nitrogen and oxygen atoms in total. The molecule has 2 aromatic rings. The van der Waals surface area contributed by atoms with Crippen molar-refractivity contribution in [1.29, 1.82) is 0 Å². The number of anilines is 1. The number of nitrogens with zero attached hydrogens (tertiary/aromatic N) is 2. The van der Waals surface area contributed by atoms with Gasteiger partial charge in [-0.3, -0.25) is 0 Å². The molecule has 0 bridgehead atoms. The number of fused-ring (bicyclic) bond motifs is 1. The zero-order valence-electron chi connectivity index (χ0n) is 12.3. The number of benzene rings is 1. The van der Waals surface area contributed by atoms with Gasteiger partial charge in [-0.1, -0.05) is 26.0 Å². The molecule has 108 valence electrons. The summed E-state index contributed by atoms with van der Waals surface area (Å²) >= 11 is 1.65. The second-order valence-corrected chi connectivity index (χ2v) is 6.80. The molecule has 0 spiro atoms. The summed E-state index contributed by atoms with van der Waals surface area (Å²) in [4.78, 5) is 2.56. The van der Waals surface area contributed by atoms with E-state index >= 15 is 0 Å². The van der Waals surface area contributed by atoms with Gasteiger partial charge in [0.25, 0.3) is 0 Å². The van der Waals surface area contributed by atoms with Crippen molar-refractivity contribution >= 4 is 27.4 Å². The molecule has 1 aliphatic rings. The summed E-state index contributed by atoms with van der Waals surface area (Å²) in [6.45, 7) is 7.88. The first kappa shape index (κ1) is 13.8. The molecule has 20 heavy (non-hydrogen) atoms. The molecule has 1 aromatic heterocycles. The molecule has 1 fully saturated rings. The van der Waals surface area contributed by atoms with Crippen molar-refractivity contribution in [2.75, 3.05) is 24.5 Å². The van der Waals surface area contributed by atoms with Gasteiger partial charge >= 0.3 is 0 Å². The summed E-state index contributed by atoms with van der Waals surface area (Å²) < 4.78 is 4.59. The number of rotatable bonds is 5. The SMILES string of the molecule is CC(C)CNCC1CCCN1c1snc2ccccc12. The standard InChI is InChI=1S/C16H23N3S/c1-12(2)10-17-11-13-6-5-9-19(13)16-14-7-3-4-8-15(14)18-20-16/h3-4,7-8,12-13,17H,5-6,9-11H2,1-2H3. The van der Waals surface area contributed by atoms with Crippen molar-refractivity contribution in [2.24, 2.45) is 5.92 Å². The van der Waals surface area contributed by atoms with E-state index in [0.29, 0.717) is 12.0 Å². The fourth-order valence-corrected chi connectivity index (χ4v) is 3.90. The molecule has 1 N–H and O–H groups in total. The highest BCUT2D eigenvalue weighted by Crippen LogP contribution is 2.35. The van der Waals surface area contributed by atoms with Gasteiger partial charge in [0, 0.05) is 24.5 Å². The maximum Gasteiger partial charge on any atom is 0.120 e. The van der Waals surface area contributed by atoms with E-state index in [9.17, 15) is 0 Å². The molecule has 1 aromatic carbocycles. The lowest BCUT2D eigenvalue weighted by atomic mass is 10.2. The summed E-state index contributed by atoms with van der Waals surface area (Å²) in [5.74, 6) is 0.717. The van der Waals surface area contributed by atoms with Crippen LogP contribution in [0.1, 0.15) is 26.7 Å². The second kappa shape index (κ2) is 6.10. The molecule has 1 saturated heterocycles. The van der Waals surface area contributed by atoms with Crippen molar-refractivity contribution in [2.45, 2.75) is 32.7 Å². The monoisotopic (exact) mass is 289 g/mol. The lowest BCUT2D eigenvalue weighted by Gasteiger charge is -2.26. The van der Waals surface area contributed by atoms with E-state index in [2.05, 4.69) is 52.7 Å². The van der Waals surface area contributed by atoms with Crippen molar-refractivity contribution < 1.29 is 0 Å². The minimum Gasteiger partial charge on any atom is -0.357 e. The number of hydrogen-bond acceptors (Lipinski definition) is 4. The van der Waals surface area contributed by atoms with E-state index in [1.807, 2.05) is 0 Å². The summed E-state index contributed by atoms with van der Waals surface area (Å²) in [6.07, 6.45) is 2.58. The quantitative estimate of drug-likeness (QED) is 0.913. The second-order valence-electron chi connectivity index (χ2n) is 6.05. The van der Waals surface area contributed by atoms with E-state index in [1.54, 1.807) is 11.5 Å². The van der Waals surface area contributed by atoms with Crippen LogP contribution in [0.25, 0.3) is 10.9 Å². The Morgan fingerprint density at radius 1 is 1.40 bits per heavy atom. The summed E-state index contributed by atoms with van der Waals surface area (Å²) in [5, 5.41) is 6.28. The van der Waals surface area contributed by atoms with Crippen LogP contribution in [0.5, 0.6) is 0 Å². The minimum atomic E-state index is 0.623. The van der Waals surface area contributed by atoms with Crippen LogP contribution in [-0.4, -0.2) is 30.0 Å². The molecule has 0 amide bonds. The van der Waals surface area contributed by atoms with Gasteiger partial charge in [-0.15, -0.1) is 0 Å².